The van der Waals surface area contributed by atoms with Gasteiger partial charge in [-0.05, 0) is 68.5 Å². The van der Waals surface area contributed by atoms with Crippen LogP contribution in [0.2, 0.25) is 5.02 Å². The summed E-state index contributed by atoms with van der Waals surface area (Å²) in [5.41, 5.74) is 6.36. The maximum absolute atomic E-state index is 12.7. The molecule has 5 heteroatoms. The van der Waals surface area contributed by atoms with Crippen LogP contribution in [-0.4, -0.2) is 15.7 Å². The quantitative estimate of drug-likeness (QED) is 0.699. The Labute approximate surface area is 164 Å². The fourth-order valence-electron chi connectivity index (χ4n) is 3.67. The van der Waals surface area contributed by atoms with Gasteiger partial charge in [-0.2, -0.15) is 5.10 Å². The van der Waals surface area contributed by atoms with Crippen molar-refractivity contribution in [3.8, 4) is 5.69 Å². The van der Waals surface area contributed by atoms with E-state index in [0.29, 0.717) is 10.6 Å². The van der Waals surface area contributed by atoms with E-state index in [1.54, 1.807) is 12.1 Å². The molecule has 1 aliphatic carbocycles. The third-order valence-electron chi connectivity index (χ3n) is 5.34. The normalized spacial score (nSPS) is 16.0. The van der Waals surface area contributed by atoms with Crippen molar-refractivity contribution in [2.45, 2.75) is 39.2 Å². The number of amides is 1. The zero-order chi connectivity index (χ0) is 19.0. The Kier molecular flexibility index (Phi) is 4.75. The second-order valence-corrected chi connectivity index (χ2v) is 7.53. The van der Waals surface area contributed by atoms with Crippen LogP contribution in [0.4, 0.5) is 0 Å². The summed E-state index contributed by atoms with van der Waals surface area (Å²) in [6, 6.07) is 13.5. The molecule has 0 saturated heterocycles. The zero-order valence-electron chi connectivity index (χ0n) is 15.5. The first kappa shape index (κ1) is 17.8. The molecule has 27 heavy (non-hydrogen) atoms. The topological polar surface area (TPSA) is 46.9 Å². The molecule has 0 radical (unpaired) electrons. The van der Waals surface area contributed by atoms with E-state index < -0.39 is 0 Å². The molecule has 0 fully saturated rings. The summed E-state index contributed by atoms with van der Waals surface area (Å²) in [5, 5.41) is 8.24. The number of nitrogens with one attached hydrogen (secondary N) is 1. The van der Waals surface area contributed by atoms with Crippen LogP contribution in [0, 0.1) is 13.8 Å². The van der Waals surface area contributed by atoms with E-state index in [-0.39, 0.29) is 11.9 Å². The van der Waals surface area contributed by atoms with Gasteiger partial charge in [-0.1, -0.05) is 29.8 Å². The average molecular weight is 380 g/mol. The molecule has 4 nitrogen and oxygen atoms in total. The van der Waals surface area contributed by atoms with Crippen molar-refractivity contribution in [2.75, 3.05) is 0 Å². The first-order valence-corrected chi connectivity index (χ1v) is 9.62. The van der Waals surface area contributed by atoms with Crippen LogP contribution < -0.4 is 5.32 Å². The highest BCUT2D eigenvalue weighted by Crippen LogP contribution is 2.32. The fraction of sp³-hybridized carbons (Fsp3) is 0.273. The van der Waals surface area contributed by atoms with Crippen molar-refractivity contribution in [2.24, 2.45) is 0 Å². The summed E-state index contributed by atoms with van der Waals surface area (Å²) >= 11 is 6.17. The van der Waals surface area contributed by atoms with Crippen LogP contribution in [0.1, 0.15) is 51.6 Å². The average Bonchev–Trinajstić information content (AvgIpc) is 3.09. The Hall–Kier alpha value is -2.59. The lowest BCUT2D eigenvalue weighted by molar-refractivity contribution is 0.0933. The van der Waals surface area contributed by atoms with Crippen LogP contribution >= 0.6 is 11.6 Å². The molecule has 1 aromatic heterocycles. The summed E-state index contributed by atoms with van der Waals surface area (Å²) in [6.07, 6.45) is 4.76. The molecule has 0 bridgehead atoms. The number of carbonyl (C=O) groups excluding carboxylic acids is 1. The minimum atomic E-state index is -0.141. The van der Waals surface area contributed by atoms with Gasteiger partial charge in [0, 0.05) is 11.3 Å². The minimum absolute atomic E-state index is 0.0437. The number of benzene rings is 2. The van der Waals surface area contributed by atoms with Gasteiger partial charge in [-0.15, -0.1) is 0 Å². The van der Waals surface area contributed by atoms with Gasteiger partial charge < -0.3 is 5.32 Å². The highest BCUT2D eigenvalue weighted by Gasteiger charge is 2.26. The fourth-order valence-corrected chi connectivity index (χ4v) is 3.89. The molecule has 1 aliphatic rings. The molecule has 0 aliphatic heterocycles. The Morgan fingerprint density at radius 1 is 1.19 bits per heavy atom. The summed E-state index contributed by atoms with van der Waals surface area (Å²) in [5.74, 6) is -0.141. The lowest BCUT2D eigenvalue weighted by atomic mass is 9.92. The highest BCUT2D eigenvalue weighted by atomic mass is 35.5. The minimum Gasteiger partial charge on any atom is -0.345 e. The molecule has 3 aromatic rings. The Morgan fingerprint density at radius 2 is 2.00 bits per heavy atom. The van der Waals surface area contributed by atoms with Gasteiger partial charge in [0.05, 0.1) is 28.5 Å². The van der Waals surface area contributed by atoms with Crippen LogP contribution in [-0.2, 0) is 6.42 Å². The molecular weight excluding hydrogens is 358 g/mol. The van der Waals surface area contributed by atoms with E-state index in [1.165, 1.54) is 16.8 Å². The smallest absolute Gasteiger partial charge is 0.253 e. The third kappa shape index (κ3) is 3.37. The van der Waals surface area contributed by atoms with Gasteiger partial charge in [0.2, 0.25) is 0 Å². The van der Waals surface area contributed by atoms with E-state index in [2.05, 4.69) is 42.5 Å². The van der Waals surface area contributed by atoms with Crippen molar-refractivity contribution in [1.82, 2.24) is 15.1 Å². The van der Waals surface area contributed by atoms with E-state index in [9.17, 15) is 4.79 Å². The van der Waals surface area contributed by atoms with Crippen molar-refractivity contribution in [3.63, 3.8) is 0 Å². The zero-order valence-corrected chi connectivity index (χ0v) is 16.3. The van der Waals surface area contributed by atoms with Gasteiger partial charge in [-0.25, -0.2) is 4.68 Å². The Balaban J connectivity index is 1.63. The van der Waals surface area contributed by atoms with E-state index in [0.717, 1.165) is 30.5 Å². The standard InChI is InChI=1S/C22H22ClN3O/c1-14-10-11-16(12-15(14)2)26-21-9-5-8-20(18(21)13-24-26)25-22(27)17-6-3-4-7-19(17)23/h3-4,6-7,10-13,20H,5,8-9H2,1-2H3,(H,25,27)/t20-/m0/s1. The number of aryl methyl sites for hydroxylation is 2. The van der Waals surface area contributed by atoms with Gasteiger partial charge in [-0.3, -0.25) is 4.79 Å². The summed E-state index contributed by atoms with van der Waals surface area (Å²) in [4.78, 5) is 12.7. The maximum Gasteiger partial charge on any atom is 0.253 e. The summed E-state index contributed by atoms with van der Waals surface area (Å²) < 4.78 is 2.01. The summed E-state index contributed by atoms with van der Waals surface area (Å²) in [7, 11) is 0. The molecule has 1 amide bonds. The molecule has 0 saturated carbocycles. The third-order valence-corrected chi connectivity index (χ3v) is 5.67. The largest absolute Gasteiger partial charge is 0.345 e. The van der Waals surface area contributed by atoms with Crippen LogP contribution in [0.3, 0.4) is 0 Å². The molecular formula is C22H22ClN3O. The van der Waals surface area contributed by atoms with E-state index in [1.807, 2.05) is 23.0 Å². The lowest BCUT2D eigenvalue weighted by Gasteiger charge is -2.24. The molecule has 2 aromatic carbocycles. The SMILES string of the molecule is Cc1ccc(-n2ncc3c2CCC[C@@H]3NC(=O)c2ccccc2Cl)cc1C. The van der Waals surface area contributed by atoms with Gasteiger partial charge in [0.15, 0.2) is 0 Å². The predicted molar refractivity (Wildman–Crippen MR) is 108 cm³/mol. The van der Waals surface area contributed by atoms with E-state index in [4.69, 9.17) is 11.6 Å². The monoisotopic (exact) mass is 379 g/mol. The number of carbonyl (C=O) groups is 1. The second-order valence-electron chi connectivity index (χ2n) is 7.13. The molecule has 0 unspecified atom stereocenters. The lowest BCUT2D eigenvalue weighted by Crippen LogP contribution is -2.31. The molecule has 1 heterocycles. The molecule has 0 spiro atoms. The number of rotatable bonds is 3. The highest BCUT2D eigenvalue weighted by molar-refractivity contribution is 6.33. The number of nitrogens with zero attached hydrogens (tertiary/aromatic N) is 2. The van der Waals surface area contributed by atoms with Crippen LogP contribution in [0.25, 0.3) is 5.69 Å². The summed E-state index contributed by atoms with van der Waals surface area (Å²) in [6.45, 7) is 4.22. The first-order valence-electron chi connectivity index (χ1n) is 9.24. The first-order chi connectivity index (χ1) is 13.0. The van der Waals surface area contributed by atoms with Crippen LogP contribution in [0.15, 0.2) is 48.7 Å². The van der Waals surface area contributed by atoms with Crippen molar-refractivity contribution in [1.29, 1.82) is 0 Å². The van der Waals surface area contributed by atoms with Gasteiger partial charge in [0.1, 0.15) is 0 Å². The van der Waals surface area contributed by atoms with Crippen molar-refractivity contribution < 1.29 is 4.79 Å². The molecule has 138 valence electrons. The van der Waals surface area contributed by atoms with Gasteiger partial charge in [0.25, 0.3) is 5.91 Å². The van der Waals surface area contributed by atoms with Gasteiger partial charge >= 0.3 is 0 Å². The maximum atomic E-state index is 12.7. The number of hydrogen-bond acceptors (Lipinski definition) is 2. The Bertz CT molecular complexity index is 1010. The second kappa shape index (κ2) is 7.20. The molecule has 1 N–H and O–H groups in total. The number of halogens is 1. The van der Waals surface area contributed by atoms with Crippen molar-refractivity contribution in [3.05, 3.63) is 81.6 Å². The Morgan fingerprint density at radius 3 is 2.78 bits per heavy atom. The molecule has 1 atom stereocenters. The molecule has 4 rings (SSSR count). The number of aromatic nitrogens is 2. The number of hydrogen-bond donors (Lipinski definition) is 1. The predicted octanol–water partition coefficient (Wildman–Crippen LogP) is 4.95. The van der Waals surface area contributed by atoms with Crippen molar-refractivity contribution >= 4 is 17.5 Å². The van der Waals surface area contributed by atoms with Crippen LogP contribution in [0.5, 0.6) is 0 Å². The van der Waals surface area contributed by atoms with E-state index >= 15 is 0 Å². The number of fused-ring (bicyclic) bond motifs is 1.